The predicted octanol–water partition coefficient (Wildman–Crippen LogP) is 4.04. The number of carboxylic acids is 1. The number of hydrogen-bond donors (Lipinski definition) is 2. The summed E-state index contributed by atoms with van der Waals surface area (Å²) in [6.45, 7) is 4.33. The summed E-state index contributed by atoms with van der Waals surface area (Å²) in [4.78, 5) is 23.9. The molecule has 1 aliphatic carbocycles. The number of methoxy groups -OCH3 is 1. The Morgan fingerprint density at radius 3 is 2.14 bits per heavy atom. The van der Waals surface area contributed by atoms with Gasteiger partial charge in [-0.3, -0.25) is 0 Å². The van der Waals surface area contributed by atoms with E-state index in [1.807, 2.05) is 50.2 Å². The summed E-state index contributed by atoms with van der Waals surface area (Å²) in [6, 6.07) is 15.1. The molecule has 0 fully saturated rings. The van der Waals surface area contributed by atoms with Crippen LogP contribution in [0.5, 0.6) is 0 Å². The van der Waals surface area contributed by atoms with Crippen molar-refractivity contribution in [2.45, 2.75) is 32.2 Å². The maximum atomic E-state index is 12.4. The maximum Gasteiger partial charge on any atom is 0.407 e. The molecule has 1 aliphatic rings. The minimum atomic E-state index is -1.09. The van der Waals surface area contributed by atoms with Gasteiger partial charge in [-0.1, -0.05) is 62.4 Å². The second-order valence-electron chi connectivity index (χ2n) is 8.16. The lowest BCUT2D eigenvalue weighted by molar-refractivity contribution is -0.140. The van der Waals surface area contributed by atoms with E-state index in [4.69, 9.17) is 9.47 Å². The van der Waals surface area contributed by atoms with Crippen LogP contribution in [-0.2, 0) is 14.3 Å². The Morgan fingerprint density at radius 1 is 1.07 bits per heavy atom. The molecule has 0 saturated carbocycles. The third kappa shape index (κ3) is 4.77. The van der Waals surface area contributed by atoms with E-state index in [2.05, 4.69) is 17.4 Å². The third-order valence-corrected chi connectivity index (χ3v) is 5.23. The van der Waals surface area contributed by atoms with Gasteiger partial charge in [0.15, 0.2) is 0 Å². The van der Waals surface area contributed by atoms with Gasteiger partial charge in [-0.2, -0.15) is 0 Å². The largest absolute Gasteiger partial charge is 0.480 e. The van der Waals surface area contributed by atoms with E-state index in [1.165, 1.54) is 0 Å². The molecule has 0 aliphatic heterocycles. The van der Waals surface area contributed by atoms with Crippen LogP contribution in [0.15, 0.2) is 48.5 Å². The molecule has 2 aromatic carbocycles. The van der Waals surface area contributed by atoms with Crippen LogP contribution in [0.3, 0.4) is 0 Å². The number of ether oxygens (including phenoxy) is 2. The minimum Gasteiger partial charge on any atom is -0.480 e. The number of benzene rings is 2. The fraction of sp³-hybridized carbons (Fsp3) is 0.391. The Morgan fingerprint density at radius 2 is 1.62 bits per heavy atom. The van der Waals surface area contributed by atoms with E-state index in [-0.39, 0.29) is 18.9 Å². The Bertz CT molecular complexity index is 847. The summed E-state index contributed by atoms with van der Waals surface area (Å²) in [5.74, 6) is -1.16. The molecule has 0 radical (unpaired) electrons. The molecule has 6 heteroatoms. The van der Waals surface area contributed by atoms with Crippen molar-refractivity contribution in [3.05, 3.63) is 59.7 Å². The van der Waals surface area contributed by atoms with E-state index >= 15 is 0 Å². The quantitative estimate of drug-likeness (QED) is 0.702. The number of alkyl carbamates (subject to hydrolysis) is 1. The molecule has 0 spiro atoms. The summed E-state index contributed by atoms with van der Waals surface area (Å²) in [7, 11) is 1.57. The highest BCUT2D eigenvalue weighted by Crippen LogP contribution is 2.44. The van der Waals surface area contributed by atoms with E-state index < -0.39 is 23.5 Å². The van der Waals surface area contributed by atoms with Gasteiger partial charge in [0.05, 0.1) is 6.61 Å². The average molecular weight is 397 g/mol. The van der Waals surface area contributed by atoms with Crippen LogP contribution in [0.25, 0.3) is 11.1 Å². The monoisotopic (exact) mass is 397 g/mol. The van der Waals surface area contributed by atoms with Gasteiger partial charge < -0.3 is 19.9 Å². The van der Waals surface area contributed by atoms with Crippen LogP contribution >= 0.6 is 0 Å². The summed E-state index contributed by atoms with van der Waals surface area (Å²) < 4.78 is 10.6. The van der Waals surface area contributed by atoms with Gasteiger partial charge in [0.1, 0.15) is 12.6 Å². The second-order valence-corrected chi connectivity index (χ2v) is 8.16. The lowest BCUT2D eigenvalue weighted by atomic mass is 9.86. The van der Waals surface area contributed by atoms with E-state index in [1.54, 1.807) is 7.11 Å². The molecule has 2 aromatic rings. The van der Waals surface area contributed by atoms with Crippen molar-refractivity contribution in [3.8, 4) is 11.1 Å². The van der Waals surface area contributed by atoms with Crippen molar-refractivity contribution < 1.29 is 24.2 Å². The lowest BCUT2D eigenvalue weighted by Crippen LogP contribution is -2.44. The smallest absolute Gasteiger partial charge is 0.407 e. The van der Waals surface area contributed by atoms with Crippen molar-refractivity contribution in [1.29, 1.82) is 0 Å². The average Bonchev–Trinajstić information content (AvgIpc) is 2.99. The van der Waals surface area contributed by atoms with Crippen molar-refractivity contribution in [3.63, 3.8) is 0 Å². The van der Waals surface area contributed by atoms with Crippen LogP contribution in [0.1, 0.15) is 37.3 Å². The molecular formula is C23H27NO5. The first kappa shape index (κ1) is 20.9. The minimum absolute atomic E-state index is 0.0682. The topological polar surface area (TPSA) is 84.9 Å². The van der Waals surface area contributed by atoms with Crippen LogP contribution in [0.2, 0.25) is 0 Å². The van der Waals surface area contributed by atoms with Crippen molar-refractivity contribution in [2.24, 2.45) is 5.41 Å². The highest BCUT2D eigenvalue weighted by molar-refractivity contribution is 5.81. The van der Waals surface area contributed by atoms with Crippen LogP contribution < -0.4 is 5.32 Å². The first-order chi connectivity index (χ1) is 13.8. The number of nitrogens with one attached hydrogen (secondary N) is 1. The molecule has 154 valence electrons. The fourth-order valence-corrected chi connectivity index (χ4v) is 3.98. The number of rotatable bonds is 8. The number of carbonyl (C=O) groups excluding carboxylic acids is 1. The molecular weight excluding hydrogens is 370 g/mol. The number of carboxylic acid groups (broad SMARTS) is 1. The van der Waals surface area contributed by atoms with E-state index in [0.717, 1.165) is 22.3 Å². The van der Waals surface area contributed by atoms with Crippen molar-refractivity contribution >= 4 is 12.1 Å². The molecule has 0 bridgehead atoms. The fourth-order valence-electron chi connectivity index (χ4n) is 3.98. The van der Waals surface area contributed by atoms with Gasteiger partial charge in [-0.15, -0.1) is 0 Å². The summed E-state index contributed by atoms with van der Waals surface area (Å²) in [5, 5.41) is 12.0. The van der Waals surface area contributed by atoms with Gasteiger partial charge in [0.2, 0.25) is 0 Å². The van der Waals surface area contributed by atoms with Gasteiger partial charge >= 0.3 is 12.1 Å². The van der Waals surface area contributed by atoms with Crippen LogP contribution in [0.4, 0.5) is 4.79 Å². The number of carbonyl (C=O) groups is 2. The summed E-state index contributed by atoms with van der Waals surface area (Å²) >= 11 is 0. The van der Waals surface area contributed by atoms with Crippen LogP contribution in [0, 0.1) is 5.41 Å². The number of aliphatic carboxylic acids is 1. The molecule has 29 heavy (non-hydrogen) atoms. The normalized spacial score (nSPS) is 14.0. The summed E-state index contributed by atoms with van der Waals surface area (Å²) in [6.07, 6.45) is -0.493. The highest BCUT2D eigenvalue weighted by atomic mass is 16.5. The van der Waals surface area contributed by atoms with Gasteiger partial charge in [-0.05, 0) is 34.1 Å². The Balaban J connectivity index is 1.67. The molecule has 2 N–H and O–H groups in total. The van der Waals surface area contributed by atoms with E-state index in [0.29, 0.717) is 6.61 Å². The first-order valence-electron chi connectivity index (χ1n) is 9.65. The zero-order valence-electron chi connectivity index (χ0n) is 17.0. The molecule has 0 aromatic heterocycles. The molecule has 0 heterocycles. The Hall–Kier alpha value is -2.86. The zero-order chi connectivity index (χ0) is 21.0. The molecule has 1 unspecified atom stereocenters. The molecule has 1 atom stereocenters. The number of hydrogen-bond acceptors (Lipinski definition) is 4. The predicted molar refractivity (Wildman–Crippen MR) is 110 cm³/mol. The zero-order valence-corrected chi connectivity index (χ0v) is 17.0. The Labute approximate surface area is 170 Å². The van der Waals surface area contributed by atoms with Crippen molar-refractivity contribution in [1.82, 2.24) is 5.32 Å². The van der Waals surface area contributed by atoms with Gasteiger partial charge in [0.25, 0.3) is 0 Å². The standard InChI is InChI=1S/C23H27NO5/c1-23(2,14-28-3)12-20(21(25)26)24-22(27)29-13-19-17-10-6-4-8-15(17)16-9-5-7-11-18(16)19/h4-11,19-20H,12-14H2,1-3H3,(H,24,27)(H,25,26). The number of fused-ring (bicyclic) bond motifs is 3. The molecule has 3 rings (SSSR count). The van der Waals surface area contributed by atoms with E-state index in [9.17, 15) is 14.7 Å². The lowest BCUT2D eigenvalue weighted by Gasteiger charge is -2.27. The first-order valence-corrected chi connectivity index (χ1v) is 9.65. The molecule has 0 saturated heterocycles. The Kier molecular flexibility index (Phi) is 6.23. The SMILES string of the molecule is COCC(C)(C)CC(NC(=O)OCC1c2ccccc2-c2ccccc21)C(=O)O. The number of amides is 1. The molecule has 1 amide bonds. The van der Waals surface area contributed by atoms with Gasteiger partial charge in [0, 0.05) is 13.0 Å². The third-order valence-electron chi connectivity index (χ3n) is 5.23. The highest BCUT2D eigenvalue weighted by Gasteiger charge is 2.31. The van der Waals surface area contributed by atoms with Crippen molar-refractivity contribution in [2.75, 3.05) is 20.3 Å². The van der Waals surface area contributed by atoms with Gasteiger partial charge in [-0.25, -0.2) is 9.59 Å². The van der Waals surface area contributed by atoms with Crippen LogP contribution in [-0.4, -0.2) is 43.5 Å². The second kappa shape index (κ2) is 8.66. The summed E-state index contributed by atoms with van der Waals surface area (Å²) in [5.41, 5.74) is 4.10. The molecule has 6 nitrogen and oxygen atoms in total. The maximum absolute atomic E-state index is 12.4.